The van der Waals surface area contributed by atoms with Crippen molar-refractivity contribution in [2.75, 3.05) is 0 Å². The molecule has 22 heavy (non-hydrogen) atoms. The van der Waals surface area contributed by atoms with E-state index in [4.69, 9.17) is 34.8 Å². The summed E-state index contributed by atoms with van der Waals surface area (Å²) in [5, 5.41) is 11.3. The van der Waals surface area contributed by atoms with E-state index >= 15 is 0 Å². The van der Waals surface area contributed by atoms with E-state index in [1.54, 1.807) is 24.4 Å². The van der Waals surface area contributed by atoms with Crippen LogP contribution in [0.4, 0.5) is 5.13 Å². The zero-order valence-corrected chi connectivity index (χ0v) is 14.1. The summed E-state index contributed by atoms with van der Waals surface area (Å²) in [7, 11) is 0. The van der Waals surface area contributed by atoms with Crippen molar-refractivity contribution in [1.29, 1.82) is 0 Å². The van der Waals surface area contributed by atoms with Crippen molar-refractivity contribution in [3.63, 3.8) is 0 Å². The zero-order chi connectivity index (χ0) is 15.5. The van der Waals surface area contributed by atoms with Crippen LogP contribution >= 0.6 is 46.1 Å². The average Bonchev–Trinajstić information content (AvgIpc) is 2.96. The molecule has 0 aliphatic heterocycles. The van der Waals surface area contributed by atoms with Crippen LogP contribution in [-0.2, 0) is 0 Å². The van der Waals surface area contributed by atoms with Gasteiger partial charge in [-0.2, -0.15) is 0 Å². The predicted molar refractivity (Wildman–Crippen MR) is 94.1 cm³/mol. The van der Waals surface area contributed by atoms with Crippen molar-refractivity contribution in [2.45, 2.75) is 0 Å². The summed E-state index contributed by atoms with van der Waals surface area (Å²) in [6.45, 7) is 0. The second-order valence-electron chi connectivity index (χ2n) is 4.32. The monoisotopic (exact) mass is 367 g/mol. The molecule has 0 aliphatic rings. The van der Waals surface area contributed by atoms with Crippen molar-refractivity contribution in [1.82, 2.24) is 10.2 Å². The van der Waals surface area contributed by atoms with Gasteiger partial charge in [0.25, 0.3) is 0 Å². The molecule has 110 valence electrons. The second-order valence-corrected chi connectivity index (χ2v) is 6.56. The predicted octanol–water partition coefficient (Wildman–Crippen LogP) is 5.92. The third-order valence-electron chi connectivity index (χ3n) is 2.78. The van der Waals surface area contributed by atoms with Crippen LogP contribution in [0, 0.1) is 0 Å². The van der Waals surface area contributed by atoms with Crippen molar-refractivity contribution in [2.24, 2.45) is 4.99 Å². The third-order valence-corrected chi connectivity index (χ3v) is 4.48. The zero-order valence-electron chi connectivity index (χ0n) is 11.0. The van der Waals surface area contributed by atoms with Gasteiger partial charge in [0.05, 0.1) is 5.02 Å². The van der Waals surface area contributed by atoms with Crippen LogP contribution in [-0.4, -0.2) is 16.4 Å². The van der Waals surface area contributed by atoms with E-state index in [2.05, 4.69) is 15.2 Å². The van der Waals surface area contributed by atoms with Crippen LogP contribution in [0.3, 0.4) is 0 Å². The summed E-state index contributed by atoms with van der Waals surface area (Å²) in [6, 6.07) is 12.6. The van der Waals surface area contributed by atoms with Gasteiger partial charge in [-0.1, -0.05) is 64.3 Å². The average molecular weight is 369 g/mol. The van der Waals surface area contributed by atoms with Gasteiger partial charge in [-0.05, 0) is 24.3 Å². The molecule has 0 amide bonds. The molecule has 0 N–H and O–H groups in total. The molecule has 0 spiro atoms. The van der Waals surface area contributed by atoms with Crippen LogP contribution in [0.1, 0.15) is 5.56 Å². The quantitative estimate of drug-likeness (QED) is 0.538. The highest BCUT2D eigenvalue weighted by molar-refractivity contribution is 7.18. The van der Waals surface area contributed by atoms with E-state index in [-0.39, 0.29) is 0 Å². The first kappa shape index (κ1) is 15.4. The Labute approximate surface area is 146 Å². The van der Waals surface area contributed by atoms with E-state index < -0.39 is 0 Å². The van der Waals surface area contributed by atoms with E-state index in [0.717, 1.165) is 16.1 Å². The maximum absolute atomic E-state index is 6.09. The first-order valence-corrected chi connectivity index (χ1v) is 8.15. The number of benzene rings is 2. The van der Waals surface area contributed by atoms with Crippen LogP contribution in [0.25, 0.3) is 10.6 Å². The molecule has 0 saturated carbocycles. The second kappa shape index (κ2) is 6.75. The highest BCUT2D eigenvalue weighted by Crippen LogP contribution is 2.29. The molecule has 0 aliphatic carbocycles. The minimum Gasteiger partial charge on any atom is -0.226 e. The van der Waals surface area contributed by atoms with Gasteiger partial charge in [0.1, 0.15) is 5.01 Å². The maximum atomic E-state index is 6.09. The molecule has 1 aromatic heterocycles. The van der Waals surface area contributed by atoms with Crippen molar-refractivity contribution < 1.29 is 0 Å². The standard InChI is InChI=1S/C15H8Cl3N3S/c16-11-4-1-9(2-5-11)14-20-21-15(22-14)19-8-10-3-6-12(17)7-13(10)18/h1-8H/b19-8+. The Morgan fingerprint density at radius 1 is 0.909 bits per heavy atom. The molecule has 0 fully saturated rings. The highest BCUT2D eigenvalue weighted by atomic mass is 35.5. The Balaban J connectivity index is 1.82. The fourth-order valence-electron chi connectivity index (χ4n) is 1.71. The van der Waals surface area contributed by atoms with Gasteiger partial charge in [-0.3, -0.25) is 0 Å². The third kappa shape index (κ3) is 3.65. The molecule has 0 saturated heterocycles. The van der Waals surface area contributed by atoms with Crippen LogP contribution in [0.15, 0.2) is 47.5 Å². The maximum Gasteiger partial charge on any atom is 0.231 e. The summed E-state index contributed by atoms with van der Waals surface area (Å²) in [5.41, 5.74) is 1.72. The first-order valence-electron chi connectivity index (χ1n) is 6.20. The minimum absolute atomic E-state index is 0.540. The van der Waals surface area contributed by atoms with Gasteiger partial charge in [0, 0.05) is 27.4 Å². The summed E-state index contributed by atoms with van der Waals surface area (Å²) in [5.74, 6) is 0. The minimum atomic E-state index is 0.540. The van der Waals surface area contributed by atoms with Gasteiger partial charge >= 0.3 is 0 Å². The molecule has 3 aromatic rings. The van der Waals surface area contributed by atoms with Gasteiger partial charge in [0.15, 0.2) is 0 Å². The van der Waals surface area contributed by atoms with E-state index in [1.165, 1.54) is 11.3 Å². The van der Waals surface area contributed by atoms with Crippen molar-refractivity contribution >= 4 is 57.5 Å². The molecule has 0 bridgehead atoms. The van der Waals surface area contributed by atoms with E-state index in [0.29, 0.717) is 20.2 Å². The first-order chi connectivity index (χ1) is 10.6. The van der Waals surface area contributed by atoms with Crippen molar-refractivity contribution in [3.8, 4) is 10.6 Å². The van der Waals surface area contributed by atoms with Gasteiger partial charge in [-0.15, -0.1) is 10.2 Å². The number of hydrogen-bond acceptors (Lipinski definition) is 4. The number of hydrogen-bond donors (Lipinski definition) is 0. The summed E-state index contributed by atoms with van der Waals surface area (Å²) < 4.78 is 0. The van der Waals surface area contributed by atoms with Crippen LogP contribution in [0.2, 0.25) is 15.1 Å². The molecule has 3 nitrogen and oxygen atoms in total. The highest BCUT2D eigenvalue weighted by Gasteiger charge is 2.06. The van der Waals surface area contributed by atoms with Crippen molar-refractivity contribution in [3.05, 3.63) is 63.1 Å². The molecule has 0 atom stereocenters. The molecule has 7 heteroatoms. The molecular formula is C15H8Cl3N3S. The number of aromatic nitrogens is 2. The lowest BCUT2D eigenvalue weighted by Crippen LogP contribution is -1.82. The SMILES string of the molecule is Clc1ccc(-c2nnc(/N=C/c3ccc(Cl)cc3Cl)s2)cc1. The van der Waals surface area contributed by atoms with Crippen LogP contribution in [0.5, 0.6) is 0 Å². The molecule has 0 unspecified atom stereocenters. The topological polar surface area (TPSA) is 38.1 Å². The number of halogens is 3. The Bertz CT molecular complexity index is 828. The lowest BCUT2D eigenvalue weighted by atomic mass is 10.2. The Morgan fingerprint density at radius 3 is 2.36 bits per heavy atom. The fraction of sp³-hybridized carbons (Fsp3) is 0. The molecule has 1 heterocycles. The Hall–Kier alpha value is -1.46. The lowest BCUT2D eigenvalue weighted by molar-refractivity contribution is 1.09. The molecule has 0 radical (unpaired) electrons. The van der Waals surface area contributed by atoms with Crippen LogP contribution < -0.4 is 0 Å². The lowest BCUT2D eigenvalue weighted by Gasteiger charge is -1.96. The van der Waals surface area contributed by atoms with E-state index in [9.17, 15) is 0 Å². The summed E-state index contributed by atoms with van der Waals surface area (Å²) >= 11 is 19.2. The van der Waals surface area contributed by atoms with Gasteiger partial charge < -0.3 is 0 Å². The fourth-order valence-corrected chi connectivity index (χ4v) is 2.99. The summed E-state index contributed by atoms with van der Waals surface area (Å²) in [6.07, 6.45) is 1.64. The van der Waals surface area contributed by atoms with E-state index in [1.807, 2.05) is 24.3 Å². The molecule has 3 rings (SSSR count). The Kier molecular flexibility index (Phi) is 4.74. The largest absolute Gasteiger partial charge is 0.231 e. The molecule has 2 aromatic carbocycles. The van der Waals surface area contributed by atoms with Gasteiger partial charge in [0.2, 0.25) is 5.13 Å². The van der Waals surface area contributed by atoms with Gasteiger partial charge in [-0.25, -0.2) is 4.99 Å². The summed E-state index contributed by atoms with van der Waals surface area (Å²) in [4.78, 5) is 4.30. The smallest absolute Gasteiger partial charge is 0.226 e. The normalized spacial score (nSPS) is 11.2. The Morgan fingerprint density at radius 2 is 1.64 bits per heavy atom. The number of aliphatic imine (C=N–C) groups is 1. The number of rotatable bonds is 3. The molecular weight excluding hydrogens is 361 g/mol. The number of nitrogens with zero attached hydrogens (tertiary/aromatic N) is 3.